The van der Waals surface area contributed by atoms with Gasteiger partial charge in [0.15, 0.2) is 0 Å². The largest absolute Gasteiger partial charge is 0.378 e. The van der Waals surface area contributed by atoms with E-state index in [1.54, 1.807) is 6.20 Å². The fourth-order valence-corrected chi connectivity index (χ4v) is 2.23. The summed E-state index contributed by atoms with van der Waals surface area (Å²) in [5, 5.41) is 2.86. The summed E-state index contributed by atoms with van der Waals surface area (Å²) in [6.45, 7) is 2.78. The second-order valence-electron chi connectivity index (χ2n) is 4.55. The van der Waals surface area contributed by atoms with Crippen molar-refractivity contribution in [1.82, 2.24) is 4.98 Å². The number of carbonyl (C=O) groups excluding carboxylic acids is 1. The van der Waals surface area contributed by atoms with E-state index in [0.717, 1.165) is 41.7 Å². The molecule has 1 aliphatic heterocycles. The number of ether oxygens (including phenoxy) is 1. The van der Waals surface area contributed by atoms with Gasteiger partial charge >= 0.3 is 0 Å². The number of rotatable bonds is 4. The van der Waals surface area contributed by atoms with E-state index in [0.29, 0.717) is 6.42 Å². The first kappa shape index (κ1) is 13.5. The molecule has 1 aliphatic rings. The summed E-state index contributed by atoms with van der Waals surface area (Å²) in [5.74, 6) is 0.0222. The highest BCUT2D eigenvalue weighted by Crippen LogP contribution is 2.19. The molecule has 1 N–H and O–H groups in total. The van der Waals surface area contributed by atoms with Gasteiger partial charge in [0.1, 0.15) is 4.60 Å². The van der Waals surface area contributed by atoms with Gasteiger partial charge in [-0.3, -0.25) is 4.79 Å². The minimum absolute atomic E-state index is 0.0222. The predicted molar refractivity (Wildman–Crippen MR) is 73.5 cm³/mol. The smallest absolute Gasteiger partial charge is 0.224 e. The van der Waals surface area contributed by atoms with Gasteiger partial charge in [0.25, 0.3) is 0 Å². The van der Waals surface area contributed by atoms with Gasteiger partial charge in [-0.05, 0) is 53.7 Å². The van der Waals surface area contributed by atoms with Crippen LogP contribution in [0, 0.1) is 6.92 Å². The summed E-state index contributed by atoms with van der Waals surface area (Å²) in [6, 6.07) is 1.90. The van der Waals surface area contributed by atoms with Crippen molar-refractivity contribution < 1.29 is 9.53 Å². The lowest BCUT2D eigenvalue weighted by Crippen LogP contribution is -2.15. The SMILES string of the molecule is Cc1cc(NC(=O)CCC2CCCO2)cnc1Br. The molecule has 1 atom stereocenters. The van der Waals surface area contributed by atoms with Crippen LogP contribution in [0.5, 0.6) is 0 Å². The Morgan fingerprint density at radius 3 is 3.17 bits per heavy atom. The molecule has 0 radical (unpaired) electrons. The number of carbonyl (C=O) groups is 1. The van der Waals surface area contributed by atoms with Gasteiger partial charge in [0.2, 0.25) is 5.91 Å². The topological polar surface area (TPSA) is 51.2 Å². The zero-order chi connectivity index (χ0) is 13.0. The molecule has 0 spiro atoms. The highest BCUT2D eigenvalue weighted by Gasteiger charge is 2.16. The maximum Gasteiger partial charge on any atom is 0.224 e. The molecule has 1 aromatic rings. The quantitative estimate of drug-likeness (QED) is 0.869. The number of pyridine rings is 1. The highest BCUT2D eigenvalue weighted by molar-refractivity contribution is 9.10. The maximum absolute atomic E-state index is 11.8. The second kappa shape index (κ2) is 6.29. The fourth-order valence-electron chi connectivity index (χ4n) is 2.01. The number of nitrogens with one attached hydrogen (secondary N) is 1. The van der Waals surface area contributed by atoms with Crippen LogP contribution in [-0.2, 0) is 9.53 Å². The van der Waals surface area contributed by atoms with Crippen molar-refractivity contribution in [2.45, 2.75) is 38.7 Å². The summed E-state index contributed by atoms with van der Waals surface area (Å²) in [7, 11) is 0. The standard InChI is InChI=1S/C13H17BrN2O2/c1-9-7-10(8-15-13(9)14)16-12(17)5-4-11-3-2-6-18-11/h7-8,11H,2-6H2,1H3,(H,16,17). The van der Waals surface area contributed by atoms with Gasteiger partial charge in [-0.25, -0.2) is 4.98 Å². The number of aromatic nitrogens is 1. The molecule has 1 aromatic heterocycles. The number of amides is 1. The molecule has 2 heterocycles. The van der Waals surface area contributed by atoms with Gasteiger partial charge in [-0.2, -0.15) is 0 Å². The summed E-state index contributed by atoms with van der Waals surface area (Å²) in [4.78, 5) is 15.9. The molecule has 1 fully saturated rings. The molecule has 1 amide bonds. The number of nitrogens with zero attached hydrogens (tertiary/aromatic N) is 1. The average Bonchev–Trinajstić information content (AvgIpc) is 2.84. The van der Waals surface area contributed by atoms with Crippen LogP contribution in [0.3, 0.4) is 0 Å². The van der Waals surface area contributed by atoms with Crippen LogP contribution in [0.25, 0.3) is 0 Å². The van der Waals surface area contributed by atoms with E-state index in [9.17, 15) is 4.79 Å². The van der Waals surface area contributed by atoms with Crippen molar-refractivity contribution in [3.63, 3.8) is 0 Å². The average molecular weight is 313 g/mol. The minimum Gasteiger partial charge on any atom is -0.378 e. The van der Waals surface area contributed by atoms with Crippen molar-refractivity contribution in [2.24, 2.45) is 0 Å². The monoisotopic (exact) mass is 312 g/mol. The van der Waals surface area contributed by atoms with Crippen molar-refractivity contribution in [1.29, 1.82) is 0 Å². The van der Waals surface area contributed by atoms with E-state index in [-0.39, 0.29) is 12.0 Å². The molecule has 1 saturated heterocycles. The Labute approximate surface area is 115 Å². The molecular formula is C13H17BrN2O2. The lowest BCUT2D eigenvalue weighted by molar-refractivity contribution is -0.116. The third kappa shape index (κ3) is 3.78. The van der Waals surface area contributed by atoms with Crippen LogP contribution in [-0.4, -0.2) is 23.6 Å². The zero-order valence-corrected chi connectivity index (χ0v) is 12.0. The molecular weight excluding hydrogens is 296 g/mol. The Kier molecular flexibility index (Phi) is 4.72. The highest BCUT2D eigenvalue weighted by atomic mass is 79.9. The molecule has 4 nitrogen and oxygen atoms in total. The molecule has 0 bridgehead atoms. The van der Waals surface area contributed by atoms with Crippen LogP contribution in [0.4, 0.5) is 5.69 Å². The molecule has 1 unspecified atom stereocenters. The Morgan fingerprint density at radius 1 is 1.67 bits per heavy atom. The Hall–Kier alpha value is -0.940. The Balaban J connectivity index is 1.80. The van der Waals surface area contributed by atoms with Crippen molar-refractivity contribution in [2.75, 3.05) is 11.9 Å². The van der Waals surface area contributed by atoms with E-state index in [1.807, 2.05) is 13.0 Å². The lowest BCUT2D eigenvalue weighted by atomic mass is 10.1. The molecule has 0 saturated carbocycles. The normalized spacial score (nSPS) is 18.9. The molecule has 5 heteroatoms. The number of aryl methyl sites for hydroxylation is 1. The van der Waals surface area contributed by atoms with E-state index in [1.165, 1.54) is 0 Å². The summed E-state index contributed by atoms with van der Waals surface area (Å²) < 4.78 is 6.30. The molecule has 18 heavy (non-hydrogen) atoms. The van der Waals surface area contributed by atoms with Crippen LogP contribution < -0.4 is 5.32 Å². The van der Waals surface area contributed by atoms with Crippen LogP contribution in [0.2, 0.25) is 0 Å². The Morgan fingerprint density at radius 2 is 2.50 bits per heavy atom. The zero-order valence-electron chi connectivity index (χ0n) is 10.4. The fraction of sp³-hybridized carbons (Fsp3) is 0.538. The third-order valence-corrected chi connectivity index (χ3v) is 3.85. The van der Waals surface area contributed by atoms with E-state index < -0.39 is 0 Å². The first-order valence-corrected chi connectivity index (χ1v) is 6.98. The van der Waals surface area contributed by atoms with Gasteiger partial charge in [0.05, 0.1) is 18.0 Å². The van der Waals surface area contributed by atoms with Crippen molar-refractivity contribution in [3.8, 4) is 0 Å². The summed E-state index contributed by atoms with van der Waals surface area (Å²) in [5.41, 5.74) is 1.75. The van der Waals surface area contributed by atoms with Gasteiger partial charge in [0, 0.05) is 13.0 Å². The summed E-state index contributed by atoms with van der Waals surface area (Å²) in [6.07, 6.45) is 5.41. The van der Waals surface area contributed by atoms with Crippen LogP contribution in [0.1, 0.15) is 31.2 Å². The maximum atomic E-state index is 11.8. The predicted octanol–water partition coefficient (Wildman–Crippen LogP) is 3.05. The Bertz CT molecular complexity index is 431. The lowest BCUT2D eigenvalue weighted by Gasteiger charge is -2.09. The number of hydrogen-bond acceptors (Lipinski definition) is 3. The van der Waals surface area contributed by atoms with Gasteiger partial charge < -0.3 is 10.1 Å². The van der Waals surface area contributed by atoms with Crippen LogP contribution >= 0.6 is 15.9 Å². The van der Waals surface area contributed by atoms with E-state index >= 15 is 0 Å². The molecule has 0 aromatic carbocycles. The van der Waals surface area contributed by atoms with E-state index in [2.05, 4.69) is 26.2 Å². The second-order valence-corrected chi connectivity index (χ2v) is 5.30. The molecule has 98 valence electrons. The van der Waals surface area contributed by atoms with Gasteiger partial charge in [-0.15, -0.1) is 0 Å². The van der Waals surface area contributed by atoms with Crippen molar-refractivity contribution in [3.05, 3.63) is 22.4 Å². The minimum atomic E-state index is 0.0222. The van der Waals surface area contributed by atoms with Crippen molar-refractivity contribution >= 4 is 27.5 Å². The van der Waals surface area contributed by atoms with Gasteiger partial charge in [-0.1, -0.05) is 0 Å². The van der Waals surface area contributed by atoms with Crippen LogP contribution in [0.15, 0.2) is 16.9 Å². The number of hydrogen-bond donors (Lipinski definition) is 1. The number of halogens is 1. The molecule has 2 rings (SSSR count). The van der Waals surface area contributed by atoms with E-state index in [4.69, 9.17) is 4.74 Å². The first-order valence-electron chi connectivity index (χ1n) is 6.19. The third-order valence-electron chi connectivity index (χ3n) is 3.02. The number of anilines is 1. The summed E-state index contributed by atoms with van der Waals surface area (Å²) >= 11 is 3.33. The first-order chi connectivity index (χ1) is 8.65. The molecule has 0 aliphatic carbocycles.